The second kappa shape index (κ2) is 5.16. The minimum atomic E-state index is 0.364. The molecule has 0 spiro atoms. The molecule has 21 heavy (non-hydrogen) atoms. The van der Waals surface area contributed by atoms with Gasteiger partial charge in [-0.15, -0.1) is 0 Å². The van der Waals surface area contributed by atoms with E-state index < -0.39 is 0 Å². The Bertz CT molecular complexity index is 637. The van der Waals surface area contributed by atoms with Crippen LogP contribution in [-0.2, 0) is 0 Å². The summed E-state index contributed by atoms with van der Waals surface area (Å²) in [5.74, 6) is 1.29. The standard InChI is InChI=1S/C15H22N6/c16-15-18-13(20-8-4-1-5-9-20)12-14(19-15)21(10-17-12)11-6-2-3-7-11/h10-11H,1-9H2,(H2,16,18,19). The van der Waals surface area contributed by atoms with Crippen molar-refractivity contribution in [3.8, 4) is 0 Å². The molecule has 0 amide bonds. The molecular formula is C15H22N6. The summed E-state index contributed by atoms with van der Waals surface area (Å²) >= 11 is 0. The van der Waals surface area contributed by atoms with E-state index in [1.807, 2.05) is 6.33 Å². The molecule has 0 unspecified atom stereocenters. The van der Waals surface area contributed by atoms with E-state index in [-0.39, 0.29) is 0 Å². The van der Waals surface area contributed by atoms with Crippen LogP contribution in [0.1, 0.15) is 51.0 Å². The zero-order chi connectivity index (χ0) is 14.2. The zero-order valence-electron chi connectivity index (χ0n) is 12.3. The number of piperidine rings is 1. The van der Waals surface area contributed by atoms with Crippen LogP contribution in [0.3, 0.4) is 0 Å². The van der Waals surface area contributed by atoms with E-state index >= 15 is 0 Å². The van der Waals surface area contributed by atoms with Crippen LogP contribution in [-0.4, -0.2) is 32.6 Å². The second-order valence-corrected chi connectivity index (χ2v) is 6.22. The van der Waals surface area contributed by atoms with Crippen LogP contribution in [0.25, 0.3) is 11.2 Å². The van der Waals surface area contributed by atoms with Crippen LogP contribution in [0.2, 0.25) is 0 Å². The average molecular weight is 286 g/mol. The molecule has 1 saturated carbocycles. The first-order valence-corrected chi connectivity index (χ1v) is 8.08. The third-order valence-corrected chi connectivity index (χ3v) is 4.79. The van der Waals surface area contributed by atoms with Crippen molar-refractivity contribution in [1.29, 1.82) is 0 Å². The molecule has 3 heterocycles. The van der Waals surface area contributed by atoms with Gasteiger partial charge in [0.25, 0.3) is 0 Å². The molecule has 2 aromatic heterocycles. The van der Waals surface area contributed by atoms with Crippen LogP contribution >= 0.6 is 0 Å². The van der Waals surface area contributed by atoms with E-state index in [9.17, 15) is 0 Å². The highest BCUT2D eigenvalue weighted by molar-refractivity contribution is 5.84. The van der Waals surface area contributed by atoms with Crippen molar-refractivity contribution in [1.82, 2.24) is 19.5 Å². The molecule has 2 N–H and O–H groups in total. The van der Waals surface area contributed by atoms with Gasteiger partial charge in [0, 0.05) is 19.1 Å². The minimum Gasteiger partial charge on any atom is -0.368 e. The summed E-state index contributed by atoms with van der Waals surface area (Å²) in [5, 5.41) is 0. The van der Waals surface area contributed by atoms with Gasteiger partial charge in [-0.3, -0.25) is 0 Å². The monoisotopic (exact) mass is 286 g/mol. The number of aromatic nitrogens is 4. The lowest BCUT2D eigenvalue weighted by Crippen LogP contribution is -2.30. The summed E-state index contributed by atoms with van der Waals surface area (Å²) in [6.45, 7) is 2.09. The lowest BCUT2D eigenvalue weighted by Gasteiger charge is -2.27. The summed E-state index contributed by atoms with van der Waals surface area (Å²) < 4.78 is 2.22. The zero-order valence-corrected chi connectivity index (χ0v) is 12.3. The number of imidazole rings is 1. The molecule has 2 aromatic rings. The van der Waals surface area contributed by atoms with Gasteiger partial charge in [-0.2, -0.15) is 9.97 Å². The predicted octanol–water partition coefficient (Wildman–Crippen LogP) is 2.51. The first kappa shape index (κ1) is 12.9. The van der Waals surface area contributed by atoms with Crippen molar-refractivity contribution in [2.24, 2.45) is 0 Å². The van der Waals surface area contributed by atoms with Crippen molar-refractivity contribution >= 4 is 22.9 Å². The van der Waals surface area contributed by atoms with Gasteiger partial charge < -0.3 is 15.2 Å². The van der Waals surface area contributed by atoms with Crippen molar-refractivity contribution in [3.05, 3.63) is 6.33 Å². The third-order valence-electron chi connectivity index (χ3n) is 4.79. The Balaban J connectivity index is 1.80. The fourth-order valence-corrected chi connectivity index (χ4v) is 3.69. The summed E-state index contributed by atoms with van der Waals surface area (Å²) in [5.41, 5.74) is 7.79. The number of nitrogen functional groups attached to an aromatic ring is 1. The molecule has 6 heteroatoms. The molecule has 2 fully saturated rings. The van der Waals surface area contributed by atoms with Crippen molar-refractivity contribution in [2.45, 2.75) is 51.0 Å². The molecule has 6 nitrogen and oxygen atoms in total. The number of nitrogens with two attached hydrogens (primary N) is 1. The average Bonchev–Trinajstić information content (AvgIpc) is 3.15. The van der Waals surface area contributed by atoms with Gasteiger partial charge in [0.1, 0.15) is 0 Å². The van der Waals surface area contributed by atoms with E-state index in [1.54, 1.807) is 0 Å². The highest BCUT2D eigenvalue weighted by Crippen LogP contribution is 2.33. The van der Waals surface area contributed by atoms with Gasteiger partial charge in [0.15, 0.2) is 17.0 Å². The van der Waals surface area contributed by atoms with Crippen molar-refractivity contribution in [3.63, 3.8) is 0 Å². The van der Waals surface area contributed by atoms with Gasteiger partial charge in [0.05, 0.1) is 6.33 Å². The number of hydrogen-bond donors (Lipinski definition) is 1. The van der Waals surface area contributed by atoms with Gasteiger partial charge in [-0.1, -0.05) is 12.8 Å². The summed E-state index contributed by atoms with van der Waals surface area (Å²) in [6.07, 6.45) is 10.7. The lowest BCUT2D eigenvalue weighted by atomic mass is 10.1. The summed E-state index contributed by atoms with van der Waals surface area (Å²) in [4.78, 5) is 15.9. The second-order valence-electron chi connectivity index (χ2n) is 6.22. The van der Waals surface area contributed by atoms with E-state index in [1.165, 1.54) is 44.9 Å². The fraction of sp³-hybridized carbons (Fsp3) is 0.667. The normalized spacial score (nSPS) is 20.5. The number of hydrogen-bond acceptors (Lipinski definition) is 5. The van der Waals surface area contributed by atoms with Crippen molar-refractivity contribution in [2.75, 3.05) is 23.7 Å². The maximum absolute atomic E-state index is 5.97. The Morgan fingerprint density at radius 2 is 1.76 bits per heavy atom. The molecule has 1 aliphatic heterocycles. The molecule has 4 rings (SSSR count). The predicted molar refractivity (Wildman–Crippen MR) is 83.3 cm³/mol. The quantitative estimate of drug-likeness (QED) is 0.918. The summed E-state index contributed by atoms with van der Waals surface area (Å²) in [7, 11) is 0. The Morgan fingerprint density at radius 3 is 2.52 bits per heavy atom. The first-order valence-electron chi connectivity index (χ1n) is 8.08. The molecule has 112 valence electrons. The molecule has 1 saturated heterocycles. The lowest BCUT2D eigenvalue weighted by molar-refractivity contribution is 0.529. The maximum atomic E-state index is 5.97. The number of nitrogens with zero attached hydrogens (tertiary/aromatic N) is 5. The first-order chi connectivity index (χ1) is 10.3. The van der Waals surface area contributed by atoms with E-state index in [4.69, 9.17) is 5.73 Å². The molecular weight excluding hydrogens is 264 g/mol. The Labute approximate surface area is 124 Å². The van der Waals surface area contributed by atoms with Crippen LogP contribution in [0.4, 0.5) is 11.8 Å². The highest BCUT2D eigenvalue weighted by Gasteiger charge is 2.23. The Kier molecular flexibility index (Phi) is 3.16. The van der Waals surface area contributed by atoms with Gasteiger partial charge >= 0.3 is 0 Å². The van der Waals surface area contributed by atoms with Crippen LogP contribution in [0.15, 0.2) is 6.33 Å². The largest absolute Gasteiger partial charge is 0.368 e. The van der Waals surface area contributed by atoms with Crippen LogP contribution in [0.5, 0.6) is 0 Å². The maximum Gasteiger partial charge on any atom is 0.224 e. The topological polar surface area (TPSA) is 72.9 Å². The van der Waals surface area contributed by atoms with Crippen molar-refractivity contribution < 1.29 is 0 Å². The smallest absolute Gasteiger partial charge is 0.224 e. The Hall–Kier alpha value is -1.85. The number of anilines is 2. The molecule has 1 aliphatic carbocycles. The number of fused-ring (bicyclic) bond motifs is 1. The van der Waals surface area contributed by atoms with E-state index in [2.05, 4.69) is 24.4 Å². The fourth-order valence-electron chi connectivity index (χ4n) is 3.69. The Morgan fingerprint density at radius 1 is 1.00 bits per heavy atom. The van der Waals surface area contributed by atoms with Crippen LogP contribution < -0.4 is 10.6 Å². The van der Waals surface area contributed by atoms with Crippen LogP contribution in [0, 0.1) is 0 Å². The van der Waals surface area contributed by atoms with Gasteiger partial charge in [-0.25, -0.2) is 4.98 Å². The third kappa shape index (κ3) is 2.22. The highest BCUT2D eigenvalue weighted by atomic mass is 15.3. The molecule has 0 bridgehead atoms. The number of rotatable bonds is 2. The minimum absolute atomic E-state index is 0.364. The van der Waals surface area contributed by atoms with E-state index in [0.29, 0.717) is 12.0 Å². The SMILES string of the molecule is Nc1nc(N2CCCCC2)c2ncn(C3CCCC3)c2n1. The summed E-state index contributed by atoms with van der Waals surface area (Å²) in [6, 6.07) is 0.526. The van der Waals surface area contributed by atoms with Gasteiger partial charge in [-0.05, 0) is 32.1 Å². The van der Waals surface area contributed by atoms with Gasteiger partial charge in [0.2, 0.25) is 5.95 Å². The molecule has 2 aliphatic rings. The molecule has 0 radical (unpaired) electrons. The molecule has 0 atom stereocenters. The molecule has 0 aromatic carbocycles. The van der Waals surface area contributed by atoms with E-state index in [0.717, 1.165) is 30.1 Å².